The lowest BCUT2D eigenvalue weighted by atomic mass is 10.0. The first-order chi connectivity index (χ1) is 14.8. The van der Waals surface area contributed by atoms with Gasteiger partial charge in [-0.15, -0.1) is 0 Å². The molecule has 0 aliphatic carbocycles. The van der Waals surface area contributed by atoms with Crippen LogP contribution in [0.5, 0.6) is 0 Å². The molecule has 0 radical (unpaired) electrons. The summed E-state index contributed by atoms with van der Waals surface area (Å²) in [5, 5.41) is 0. The Morgan fingerprint density at radius 2 is 1.32 bits per heavy atom. The van der Waals surface area contributed by atoms with Gasteiger partial charge in [0.25, 0.3) is 10.1 Å². The van der Waals surface area contributed by atoms with Crippen LogP contribution in [-0.2, 0) is 43.0 Å². The van der Waals surface area contributed by atoms with Crippen molar-refractivity contribution in [1.29, 1.82) is 0 Å². The summed E-state index contributed by atoms with van der Waals surface area (Å²) in [6.45, 7) is 3.62. The van der Waals surface area contributed by atoms with Crippen molar-refractivity contribution in [2.75, 3.05) is 19.0 Å². The second-order valence-corrected chi connectivity index (χ2v) is 11.3. The van der Waals surface area contributed by atoms with Gasteiger partial charge in [0, 0.05) is 0 Å². The van der Waals surface area contributed by atoms with Crippen molar-refractivity contribution in [2.45, 2.75) is 51.6 Å². The smallest absolute Gasteiger partial charge is 0.309 e. The summed E-state index contributed by atoms with van der Waals surface area (Å²) < 4.78 is 56.0. The topological polar surface area (TPSA) is 89.9 Å². The molecule has 0 spiro atoms. The lowest BCUT2D eigenvalue weighted by molar-refractivity contribution is 0.212. The first-order valence-corrected chi connectivity index (χ1v) is 13.9. The van der Waals surface area contributed by atoms with Gasteiger partial charge in [-0.25, -0.2) is 0 Å². The first-order valence-electron chi connectivity index (χ1n) is 10.7. The summed E-state index contributed by atoms with van der Waals surface area (Å²) >= 11 is 0. The van der Waals surface area contributed by atoms with E-state index in [0.29, 0.717) is 6.42 Å². The molecule has 6 nitrogen and oxygen atoms in total. The fraction of sp³-hybridized carbons (Fsp3) is 0.478. The molecule has 31 heavy (non-hydrogen) atoms. The van der Waals surface area contributed by atoms with Crippen molar-refractivity contribution in [3.05, 3.63) is 71.3 Å². The molecule has 1 atom stereocenters. The Hall–Kier alpha value is -1.50. The maximum absolute atomic E-state index is 13.1. The number of rotatable bonds is 14. The molecule has 1 unspecified atom stereocenters. The average Bonchev–Trinajstić information content (AvgIpc) is 2.72. The van der Waals surface area contributed by atoms with Crippen LogP contribution in [0.2, 0.25) is 0 Å². The molecular weight excluding hydrogens is 435 g/mol. The van der Waals surface area contributed by atoms with Gasteiger partial charge in [0.2, 0.25) is 0 Å². The van der Waals surface area contributed by atoms with Crippen LogP contribution >= 0.6 is 7.60 Å². The average molecular weight is 469 g/mol. The monoisotopic (exact) mass is 468 g/mol. The van der Waals surface area contributed by atoms with Gasteiger partial charge in [-0.05, 0) is 62.6 Å². The fourth-order valence-corrected chi connectivity index (χ4v) is 7.14. The molecule has 0 aromatic heterocycles. The third-order valence-corrected chi connectivity index (χ3v) is 8.67. The van der Waals surface area contributed by atoms with E-state index < -0.39 is 29.1 Å². The van der Waals surface area contributed by atoms with Crippen molar-refractivity contribution in [2.24, 2.45) is 0 Å². The highest BCUT2D eigenvalue weighted by Crippen LogP contribution is 2.54. The Bertz CT molecular complexity index is 918. The predicted octanol–water partition coefficient (Wildman–Crippen LogP) is 5.32. The van der Waals surface area contributed by atoms with Crippen molar-refractivity contribution in [1.82, 2.24) is 0 Å². The van der Waals surface area contributed by atoms with Gasteiger partial charge < -0.3 is 9.05 Å². The fourth-order valence-electron chi connectivity index (χ4n) is 3.53. The second-order valence-electron chi connectivity index (χ2n) is 7.47. The van der Waals surface area contributed by atoms with Gasteiger partial charge in [0.15, 0.2) is 0 Å². The summed E-state index contributed by atoms with van der Waals surface area (Å²) in [5.74, 6) is -0.651. The summed E-state index contributed by atoms with van der Waals surface area (Å²) in [7, 11) is -7.98. The predicted molar refractivity (Wildman–Crippen MR) is 124 cm³/mol. The van der Waals surface area contributed by atoms with E-state index in [1.165, 1.54) is 11.1 Å². The maximum atomic E-state index is 13.1. The van der Waals surface area contributed by atoms with Crippen molar-refractivity contribution < 1.29 is 26.6 Å². The zero-order valence-electron chi connectivity index (χ0n) is 18.3. The Balaban J connectivity index is 1.96. The highest BCUT2D eigenvalue weighted by molar-refractivity contribution is 7.86. The Morgan fingerprint density at radius 1 is 0.839 bits per heavy atom. The van der Waals surface area contributed by atoms with Crippen LogP contribution in [0.15, 0.2) is 54.6 Å². The molecule has 2 rings (SSSR count). The Labute approximate surface area is 186 Å². The van der Waals surface area contributed by atoms with Crippen LogP contribution in [0.25, 0.3) is 0 Å². The lowest BCUT2D eigenvalue weighted by Gasteiger charge is -2.25. The van der Waals surface area contributed by atoms with E-state index in [4.69, 9.17) is 9.05 Å². The number of hydrogen-bond donors (Lipinski definition) is 1. The van der Waals surface area contributed by atoms with Crippen LogP contribution in [-0.4, -0.2) is 37.6 Å². The standard InChI is InChI=1S/C23H33O6PS/c1-3-28-30(24,29-4-2)23(19-31(25,26)27)18-17-22-15-13-21(14-16-22)12-8-11-20-9-6-5-7-10-20/h5-7,9-10,13-16,23H,3-4,8,11-12,17-19H2,1-2H3,(H,25,26,27). The van der Waals surface area contributed by atoms with Gasteiger partial charge in [0.1, 0.15) is 0 Å². The van der Waals surface area contributed by atoms with Crippen LogP contribution < -0.4 is 0 Å². The first kappa shape index (κ1) is 25.8. The molecule has 8 heteroatoms. The highest BCUT2D eigenvalue weighted by Gasteiger charge is 2.38. The molecule has 172 valence electrons. The molecule has 2 aromatic rings. The largest absolute Gasteiger partial charge is 0.334 e. The normalized spacial score (nSPS) is 13.3. The number of benzene rings is 2. The minimum atomic E-state index is -4.32. The number of aryl methyl sites for hydroxylation is 3. The van der Waals surface area contributed by atoms with E-state index in [1.54, 1.807) is 13.8 Å². The third kappa shape index (κ3) is 9.26. The summed E-state index contributed by atoms with van der Waals surface area (Å²) in [5.41, 5.74) is 2.65. The van der Waals surface area contributed by atoms with Crippen molar-refractivity contribution in [3.8, 4) is 0 Å². The third-order valence-electron chi connectivity index (χ3n) is 5.03. The van der Waals surface area contributed by atoms with Gasteiger partial charge in [0.05, 0.1) is 24.6 Å². The Kier molecular flexibility index (Phi) is 10.4. The minimum Gasteiger partial charge on any atom is -0.309 e. The highest BCUT2D eigenvalue weighted by atomic mass is 32.2. The number of hydrogen-bond acceptors (Lipinski definition) is 5. The van der Waals surface area contributed by atoms with Gasteiger partial charge in [-0.3, -0.25) is 9.12 Å². The van der Waals surface area contributed by atoms with E-state index in [2.05, 4.69) is 36.4 Å². The molecule has 0 bridgehead atoms. The molecule has 0 fully saturated rings. The van der Waals surface area contributed by atoms with E-state index in [0.717, 1.165) is 24.8 Å². The molecule has 0 heterocycles. The summed E-state index contributed by atoms with van der Waals surface area (Å²) in [4.78, 5) is 0. The van der Waals surface area contributed by atoms with Gasteiger partial charge in [-0.2, -0.15) is 8.42 Å². The molecule has 0 saturated carbocycles. The summed E-state index contributed by atoms with van der Waals surface area (Å²) in [6, 6.07) is 18.6. The second kappa shape index (κ2) is 12.5. The lowest BCUT2D eigenvalue weighted by Crippen LogP contribution is -2.24. The van der Waals surface area contributed by atoms with Crippen LogP contribution in [0.3, 0.4) is 0 Å². The summed E-state index contributed by atoms with van der Waals surface area (Å²) in [6.07, 6.45) is 3.85. The van der Waals surface area contributed by atoms with Gasteiger partial charge in [-0.1, -0.05) is 54.6 Å². The molecule has 0 amide bonds. The van der Waals surface area contributed by atoms with Crippen LogP contribution in [0.4, 0.5) is 0 Å². The van der Waals surface area contributed by atoms with Crippen LogP contribution in [0, 0.1) is 0 Å². The van der Waals surface area contributed by atoms with E-state index in [9.17, 15) is 17.5 Å². The van der Waals surface area contributed by atoms with Crippen molar-refractivity contribution >= 4 is 17.7 Å². The van der Waals surface area contributed by atoms with Crippen LogP contribution in [0.1, 0.15) is 43.4 Å². The van der Waals surface area contributed by atoms with Crippen molar-refractivity contribution in [3.63, 3.8) is 0 Å². The maximum Gasteiger partial charge on any atom is 0.334 e. The van der Waals surface area contributed by atoms with E-state index in [-0.39, 0.29) is 19.6 Å². The zero-order chi connectivity index (χ0) is 22.7. The molecule has 0 aliphatic rings. The molecular formula is C23H33O6PS. The Morgan fingerprint density at radius 3 is 1.81 bits per heavy atom. The molecule has 0 aliphatic heterocycles. The minimum absolute atomic E-state index is 0.136. The van der Waals surface area contributed by atoms with E-state index >= 15 is 0 Å². The molecule has 1 N–H and O–H groups in total. The quantitative estimate of drug-likeness (QED) is 0.298. The molecule has 0 saturated heterocycles. The van der Waals surface area contributed by atoms with E-state index in [1.807, 2.05) is 18.2 Å². The zero-order valence-corrected chi connectivity index (χ0v) is 20.0. The van der Waals surface area contributed by atoms with Gasteiger partial charge >= 0.3 is 7.60 Å². The SMILES string of the molecule is CCOP(=O)(OCC)C(CCc1ccc(CCCc2ccccc2)cc1)CS(=O)(=O)O. The molecule has 2 aromatic carbocycles.